The summed E-state index contributed by atoms with van der Waals surface area (Å²) in [7, 11) is 0. The summed E-state index contributed by atoms with van der Waals surface area (Å²) in [6, 6.07) is 68.8. The normalized spacial score (nSPS) is 13.0. The van der Waals surface area contributed by atoms with Crippen LogP contribution in [0.15, 0.2) is 217 Å². The van der Waals surface area contributed by atoms with Crippen LogP contribution in [0.25, 0.3) is 133 Å². The van der Waals surface area contributed by atoms with Crippen LogP contribution in [0.5, 0.6) is 0 Å². The molecule has 6 heteroatoms. The van der Waals surface area contributed by atoms with Crippen molar-refractivity contribution in [2.75, 3.05) is 0 Å². The van der Waals surface area contributed by atoms with E-state index >= 15 is 0 Å². The zero-order valence-electron chi connectivity index (χ0n) is 36.3. The van der Waals surface area contributed by atoms with Crippen molar-refractivity contribution in [2.45, 2.75) is 12.8 Å². The predicted octanol–water partition coefficient (Wildman–Crippen LogP) is 16.0. The van der Waals surface area contributed by atoms with Crippen LogP contribution >= 0.6 is 0 Å². The second-order valence-electron chi connectivity index (χ2n) is 17.4. The fourth-order valence-electron chi connectivity index (χ4n) is 10.6. The van der Waals surface area contributed by atoms with E-state index in [9.17, 15) is 0 Å². The lowest BCUT2D eigenvalue weighted by Crippen LogP contribution is -2.02. The SMILES string of the molecule is C1=CCCC(n2c3ccccc3c3ccc(-c4cccc(-n5c6ccc7ccccc7c6c6c7oc8ccccc8c7cc(-c7nc(-c8ccccc8)nc(-c8ccccc8)n7)c65)c4)cc32)=C1. The lowest BCUT2D eigenvalue weighted by Gasteiger charge is -2.15. The molecule has 67 heavy (non-hydrogen) atoms. The minimum absolute atomic E-state index is 0.583. The molecule has 0 radical (unpaired) electrons. The van der Waals surface area contributed by atoms with Crippen LogP contribution in [-0.4, -0.2) is 24.1 Å². The van der Waals surface area contributed by atoms with Gasteiger partial charge in [-0.3, -0.25) is 0 Å². The maximum atomic E-state index is 6.99. The van der Waals surface area contributed by atoms with E-state index in [0.29, 0.717) is 17.5 Å². The van der Waals surface area contributed by atoms with Crippen LogP contribution in [0.3, 0.4) is 0 Å². The van der Waals surface area contributed by atoms with E-state index in [0.717, 1.165) is 101 Å². The maximum Gasteiger partial charge on any atom is 0.166 e. The van der Waals surface area contributed by atoms with Crippen molar-refractivity contribution in [3.8, 4) is 51.0 Å². The fraction of sp³-hybridized carbons (Fsp3) is 0.0328. The van der Waals surface area contributed by atoms with E-state index in [1.54, 1.807) is 0 Å². The van der Waals surface area contributed by atoms with Crippen LogP contribution in [0, 0.1) is 0 Å². The van der Waals surface area contributed by atoms with Gasteiger partial charge in [-0.1, -0.05) is 164 Å². The Morgan fingerprint density at radius 2 is 1.10 bits per heavy atom. The van der Waals surface area contributed by atoms with Crippen molar-refractivity contribution >= 4 is 82.0 Å². The Balaban J connectivity index is 1.09. The number of benzene rings is 9. The summed E-state index contributed by atoms with van der Waals surface area (Å²) in [4.78, 5) is 15.8. The van der Waals surface area contributed by atoms with Crippen LogP contribution in [-0.2, 0) is 0 Å². The van der Waals surface area contributed by atoms with E-state index in [4.69, 9.17) is 19.4 Å². The third kappa shape index (κ3) is 5.86. The molecular formula is C61H39N5O. The molecule has 14 rings (SSSR count). The highest BCUT2D eigenvalue weighted by molar-refractivity contribution is 6.32. The number of hydrogen-bond donors (Lipinski definition) is 0. The van der Waals surface area contributed by atoms with Gasteiger partial charge in [0, 0.05) is 55.0 Å². The van der Waals surface area contributed by atoms with Gasteiger partial charge in [0.2, 0.25) is 0 Å². The average Bonchev–Trinajstić information content (AvgIpc) is 4.07. The van der Waals surface area contributed by atoms with E-state index in [1.165, 1.54) is 27.5 Å². The molecule has 0 amide bonds. The summed E-state index contributed by atoms with van der Waals surface area (Å²) in [5, 5.41) is 9.00. The Morgan fingerprint density at radius 1 is 0.433 bits per heavy atom. The van der Waals surface area contributed by atoms with E-state index in [-0.39, 0.29) is 0 Å². The van der Waals surface area contributed by atoms with Crippen molar-refractivity contribution in [1.29, 1.82) is 0 Å². The Labute approximate surface area is 385 Å². The zero-order chi connectivity index (χ0) is 44.0. The Hall–Kier alpha value is -8.87. The molecule has 13 aromatic rings. The molecule has 0 saturated heterocycles. The van der Waals surface area contributed by atoms with Crippen molar-refractivity contribution in [1.82, 2.24) is 24.1 Å². The predicted molar refractivity (Wildman–Crippen MR) is 276 cm³/mol. The number of aromatic nitrogens is 5. The van der Waals surface area contributed by atoms with Gasteiger partial charge in [0.1, 0.15) is 11.2 Å². The number of rotatable bonds is 6. The van der Waals surface area contributed by atoms with Crippen molar-refractivity contribution in [3.63, 3.8) is 0 Å². The number of nitrogens with zero attached hydrogens (tertiary/aromatic N) is 5. The molecule has 0 atom stereocenters. The molecule has 314 valence electrons. The number of hydrogen-bond acceptors (Lipinski definition) is 4. The Bertz CT molecular complexity index is 4150. The van der Waals surface area contributed by atoms with Gasteiger partial charge in [-0.05, 0) is 83.3 Å². The Kier molecular flexibility index (Phi) is 8.31. The first-order valence-electron chi connectivity index (χ1n) is 22.9. The third-order valence-electron chi connectivity index (χ3n) is 13.6. The molecule has 0 aliphatic heterocycles. The van der Waals surface area contributed by atoms with Gasteiger partial charge >= 0.3 is 0 Å². The highest BCUT2D eigenvalue weighted by atomic mass is 16.3. The Morgan fingerprint density at radius 3 is 1.90 bits per heavy atom. The molecule has 9 aromatic carbocycles. The van der Waals surface area contributed by atoms with Gasteiger partial charge in [-0.2, -0.15) is 0 Å². The van der Waals surface area contributed by atoms with E-state index in [2.05, 4.69) is 179 Å². The second kappa shape index (κ2) is 14.8. The summed E-state index contributed by atoms with van der Waals surface area (Å²) < 4.78 is 11.9. The summed E-state index contributed by atoms with van der Waals surface area (Å²) in [6.07, 6.45) is 8.74. The highest BCUT2D eigenvalue weighted by Crippen LogP contribution is 2.47. The van der Waals surface area contributed by atoms with Crippen LogP contribution < -0.4 is 0 Å². The van der Waals surface area contributed by atoms with E-state index in [1.807, 2.05) is 42.5 Å². The minimum Gasteiger partial charge on any atom is -0.455 e. The summed E-state index contributed by atoms with van der Waals surface area (Å²) in [5.41, 5.74) is 13.5. The smallest absolute Gasteiger partial charge is 0.166 e. The van der Waals surface area contributed by atoms with Gasteiger partial charge < -0.3 is 13.6 Å². The largest absolute Gasteiger partial charge is 0.455 e. The third-order valence-corrected chi connectivity index (χ3v) is 13.6. The molecule has 1 aliphatic rings. The first-order chi connectivity index (χ1) is 33.2. The van der Waals surface area contributed by atoms with Crippen molar-refractivity contribution in [3.05, 3.63) is 212 Å². The van der Waals surface area contributed by atoms with Crippen molar-refractivity contribution < 1.29 is 4.42 Å². The van der Waals surface area contributed by atoms with Gasteiger partial charge in [0.15, 0.2) is 17.5 Å². The summed E-state index contributed by atoms with van der Waals surface area (Å²) >= 11 is 0. The monoisotopic (exact) mass is 857 g/mol. The molecule has 0 spiro atoms. The number of para-hydroxylation sites is 2. The van der Waals surface area contributed by atoms with Crippen LogP contribution in [0.1, 0.15) is 12.8 Å². The lowest BCUT2D eigenvalue weighted by atomic mass is 9.99. The average molecular weight is 858 g/mol. The molecular weight excluding hydrogens is 819 g/mol. The van der Waals surface area contributed by atoms with Gasteiger partial charge in [0.25, 0.3) is 0 Å². The first-order valence-corrected chi connectivity index (χ1v) is 22.9. The molecule has 6 nitrogen and oxygen atoms in total. The molecule has 0 bridgehead atoms. The summed E-state index contributed by atoms with van der Waals surface area (Å²) in [6.45, 7) is 0. The molecule has 1 aliphatic carbocycles. The molecule has 4 heterocycles. The maximum absolute atomic E-state index is 6.99. The number of allylic oxidation sites excluding steroid dienone is 4. The first kappa shape index (κ1) is 37.5. The zero-order valence-corrected chi connectivity index (χ0v) is 36.3. The second-order valence-corrected chi connectivity index (χ2v) is 17.4. The topological polar surface area (TPSA) is 61.7 Å². The molecule has 0 N–H and O–H groups in total. The van der Waals surface area contributed by atoms with Gasteiger partial charge in [-0.15, -0.1) is 0 Å². The quantitative estimate of drug-likeness (QED) is 0.167. The molecule has 0 fully saturated rings. The molecule has 4 aromatic heterocycles. The molecule has 0 unspecified atom stereocenters. The number of furan rings is 1. The lowest BCUT2D eigenvalue weighted by molar-refractivity contribution is 0.673. The molecule has 0 saturated carbocycles. The summed E-state index contributed by atoms with van der Waals surface area (Å²) in [5.74, 6) is 1.80. The minimum atomic E-state index is 0.583. The van der Waals surface area contributed by atoms with Crippen LogP contribution in [0.4, 0.5) is 0 Å². The van der Waals surface area contributed by atoms with Crippen molar-refractivity contribution in [2.24, 2.45) is 0 Å². The van der Waals surface area contributed by atoms with Crippen LogP contribution in [0.2, 0.25) is 0 Å². The van der Waals surface area contributed by atoms with E-state index < -0.39 is 0 Å². The fourth-order valence-corrected chi connectivity index (χ4v) is 10.6. The standard InChI is InChI=1S/C61H39N5O/c1-4-18-39(19-5-1)59-62-60(40-20-6-2-7-21-40)64-61(63-59)50-37-49-48-28-13-15-30-54(48)67-58(49)56-55-45-26-11-10-17-38(45)32-34-52(55)66(57(50)56)44-25-16-22-41(35-44)42-31-33-47-46-27-12-14-29-51(46)65(53(47)36-42)43-23-8-3-9-24-43/h1-8,10-23,25-37H,9,24H2. The number of fused-ring (bicyclic) bond motifs is 12. The van der Waals surface area contributed by atoms with Gasteiger partial charge in [-0.25, -0.2) is 15.0 Å². The van der Waals surface area contributed by atoms with Gasteiger partial charge in [0.05, 0.1) is 27.5 Å². The highest BCUT2D eigenvalue weighted by Gasteiger charge is 2.27.